The Morgan fingerprint density at radius 3 is 2.77 bits per heavy atom. The molecule has 3 aromatic carbocycles. The zero-order valence-electron chi connectivity index (χ0n) is 16.6. The van der Waals surface area contributed by atoms with Gasteiger partial charge in [0.25, 0.3) is 5.91 Å². The third-order valence-corrected chi connectivity index (χ3v) is 6.14. The molecule has 1 amide bonds. The quantitative estimate of drug-likeness (QED) is 0.272. The molecule has 0 unspecified atom stereocenters. The SMILES string of the molecule is CC[C@H](C)c1ccc2oc(-c3ccc(Cl)c(NC(=O)c4cccc(I)c4)c3)nc2c1. The lowest BCUT2D eigenvalue weighted by atomic mass is 9.98. The molecule has 0 saturated carbocycles. The maximum Gasteiger partial charge on any atom is 0.255 e. The second-order valence-corrected chi connectivity index (χ2v) is 8.87. The van der Waals surface area contributed by atoms with Crippen LogP contribution in [0.15, 0.2) is 65.1 Å². The number of benzene rings is 3. The van der Waals surface area contributed by atoms with E-state index in [0.29, 0.717) is 28.1 Å². The van der Waals surface area contributed by atoms with Crippen LogP contribution < -0.4 is 5.32 Å². The lowest BCUT2D eigenvalue weighted by Gasteiger charge is -2.09. The summed E-state index contributed by atoms with van der Waals surface area (Å²) < 4.78 is 6.94. The lowest BCUT2D eigenvalue weighted by Crippen LogP contribution is -2.12. The number of nitrogens with zero attached hydrogens (tertiary/aromatic N) is 1. The molecule has 0 bridgehead atoms. The van der Waals surface area contributed by atoms with Crippen molar-refractivity contribution in [2.75, 3.05) is 5.32 Å². The third kappa shape index (κ3) is 4.37. The molecule has 0 aliphatic heterocycles. The van der Waals surface area contributed by atoms with Crippen LogP contribution >= 0.6 is 34.2 Å². The minimum atomic E-state index is -0.219. The molecule has 1 N–H and O–H groups in total. The first kappa shape index (κ1) is 20.9. The van der Waals surface area contributed by atoms with Crippen LogP contribution in [0.3, 0.4) is 0 Å². The van der Waals surface area contributed by atoms with Gasteiger partial charge in [0.05, 0.1) is 10.7 Å². The third-order valence-electron chi connectivity index (χ3n) is 5.14. The van der Waals surface area contributed by atoms with E-state index in [-0.39, 0.29) is 5.91 Å². The average molecular weight is 531 g/mol. The first-order chi connectivity index (χ1) is 14.4. The summed E-state index contributed by atoms with van der Waals surface area (Å²) in [5.74, 6) is 0.740. The van der Waals surface area contributed by atoms with Gasteiger partial charge in [0, 0.05) is 14.7 Å². The van der Waals surface area contributed by atoms with Gasteiger partial charge in [-0.05, 0) is 89.0 Å². The fraction of sp³-hybridized carbons (Fsp3) is 0.167. The highest BCUT2D eigenvalue weighted by atomic mass is 127. The molecule has 1 atom stereocenters. The number of rotatable bonds is 5. The van der Waals surface area contributed by atoms with Crippen molar-refractivity contribution in [3.05, 3.63) is 80.4 Å². The van der Waals surface area contributed by atoms with Gasteiger partial charge in [-0.15, -0.1) is 0 Å². The highest BCUT2D eigenvalue weighted by Crippen LogP contribution is 2.32. The fourth-order valence-corrected chi connectivity index (χ4v) is 3.90. The number of oxazole rings is 1. The highest BCUT2D eigenvalue weighted by molar-refractivity contribution is 14.1. The van der Waals surface area contributed by atoms with Crippen molar-refractivity contribution < 1.29 is 9.21 Å². The summed E-state index contributed by atoms with van der Waals surface area (Å²) in [7, 11) is 0. The predicted octanol–water partition coefficient (Wildman–Crippen LogP) is 7.52. The zero-order valence-corrected chi connectivity index (χ0v) is 19.5. The summed E-state index contributed by atoms with van der Waals surface area (Å²) in [4.78, 5) is 17.3. The molecule has 152 valence electrons. The van der Waals surface area contributed by atoms with Crippen molar-refractivity contribution in [3.8, 4) is 11.5 Å². The molecule has 0 spiro atoms. The minimum absolute atomic E-state index is 0.219. The van der Waals surface area contributed by atoms with Gasteiger partial charge in [0.15, 0.2) is 5.58 Å². The number of hydrogen-bond donors (Lipinski definition) is 1. The topological polar surface area (TPSA) is 55.1 Å². The fourth-order valence-electron chi connectivity index (χ4n) is 3.19. The molecule has 0 aliphatic carbocycles. The van der Waals surface area contributed by atoms with Crippen LogP contribution in [0.1, 0.15) is 42.1 Å². The van der Waals surface area contributed by atoms with Gasteiger partial charge < -0.3 is 9.73 Å². The number of carbonyl (C=O) groups is 1. The zero-order chi connectivity index (χ0) is 21.3. The van der Waals surface area contributed by atoms with Crippen molar-refractivity contribution in [2.24, 2.45) is 0 Å². The van der Waals surface area contributed by atoms with E-state index in [2.05, 4.69) is 58.9 Å². The number of aromatic nitrogens is 1. The summed E-state index contributed by atoms with van der Waals surface area (Å²) in [5, 5.41) is 3.34. The summed E-state index contributed by atoms with van der Waals surface area (Å²) in [6, 6.07) is 18.9. The van der Waals surface area contributed by atoms with E-state index in [1.54, 1.807) is 18.2 Å². The molecule has 0 saturated heterocycles. The van der Waals surface area contributed by atoms with Gasteiger partial charge in [-0.25, -0.2) is 4.98 Å². The normalized spacial score (nSPS) is 12.1. The second kappa shape index (κ2) is 8.78. The van der Waals surface area contributed by atoms with Crippen LogP contribution in [0.25, 0.3) is 22.6 Å². The Morgan fingerprint density at radius 1 is 1.17 bits per heavy atom. The molecule has 1 heterocycles. The van der Waals surface area contributed by atoms with Crippen LogP contribution in [0.4, 0.5) is 5.69 Å². The van der Waals surface area contributed by atoms with Gasteiger partial charge in [-0.1, -0.05) is 37.6 Å². The number of anilines is 1. The largest absolute Gasteiger partial charge is 0.436 e. The highest BCUT2D eigenvalue weighted by Gasteiger charge is 2.14. The van der Waals surface area contributed by atoms with Crippen molar-refractivity contribution >= 4 is 56.9 Å². The Balaban J connectivity index is 1.65. The Bertz CT molecular complexity index is 1240. The van der Waals surface area contributed by atoms with Gasteiger partial charge in [-0.2, -0.15) is 0 Å². The molecule has 4 rings (SSSR count). The lowest BCUT2D eigenvalue weighted by molar-refractivity contribution is 0.102. The average Bonchev–Trinajstić information content (AvgIpc) is 3.18. The van der Waals surface area contributed by atoms with Crippen molar-refractivity contribution in [1.82, 2.24) is 4.98 Å². The van der Waals surface area contributed by atoms with E-state index >= 15 is 0 Å². The van der Waals surface area contributed by atoms with Gasteiger partial charge in [-0.3, -0.25) is 4.79 Å². The summed E-state index contributed by atoms with van der Waals surface area (Å²) in [5.41, 5.74) is 4.63. The molecule has 4 nitrogen and oxygen atoms in total. The number of fused-ring (bicyclic) bond motifs is 1. The van der Waals surface area contributed by atoms with E-state index in [9.17, 15) is 4.79 Å². The summed E-state index contributed by atoms with van der Waals surface area (Å²) >= 11 is 8.51. The second-order valence-electron chi connectivity index (χ2n) is 7.21. The first-order valence-electron chi connectivity index (χ1n) is 9.72. The number of carbonyl (C=O) groups excluding carboxylic acids is 1. The number of halogens is 2. The van der Waals surface area contributed by atoms with Crippen molar-refractivity contribution in [1.29, 1.82) is 0 Å². The monoisotopic (exact) mass is 530 g/mol. The van der Waals surface area contributed by atoms with E-state index < -0.39 is 0 Å². The predicted molar refractivity (Wildman–Crippen MR) is 130 cm³/mol. The van der Waals surface area contributed by atoms with Crippen LogP contribution in [0, 0.1) is 3.57 Å². The van der Waals surface area contributed by atoms with Gasteiger partial charge in [0.1, 0.15) is 5.52 Å². The molecular formula is C24H20ClIN2O2. The van der Waals surface area contributed by atoms with Gasteiger partial charge in [0.2, 0.25) is 5.89 Å². The number of hydrogen-bond acceptors (Lipinski definition) is 3. The van der Waals surface area contributed by atoms with E-state index in [1.807, 2.05) is 30.3 Å². The molecule has 4 aromatic rings. The van der Waals surface area contributed by atoms with E-state index in [0.717, 1.165) is 26.7 Å². The molecular weight excluding hydrogens is 511 g/mol. The minimum Gasteiger partial charge on any atom is -0.436 e. The van der Waals surface area contributed by atoms with Crippen molar-refractivity contribution in [2.45, 2.75) is 26.2 Å². The molecule has 0 aliphatic rings. The molecule has 6 heteroatoms. The Hall–Kier alpha value is -2.38. The summed E-state index contributed by atoms with van der Waals surface area (Å²) in [6.45, 7) is 4.37. The molecule has 0 fully saturated rings. The maximum absolute atomic E-state index is 12.6. The summed E-state index contributed by atoms with van der Waals surface area (Å²) in [6.07, 6.45) is 1.07. The standard InChI is InChI=1S/C24H20ClIN2O2/c1-3-14(2)15-8-10-22-21(12-15)28-24(30-22)17-7-9-19(25)20(13-17)27-23(29)16-5-4-6-18(26)11-16/h4-14H,3H2,1-2H3,(H,27,29)/t14-/m0/s1. The molecule has 30 heavy (non-hydrogen) atoms. The number of amides is 1. The van der Waals surface area contributed by atoms with Crippen LogP contribution in [0.5, 0.6) is 0 Å². The van der Waals surface area contributed by atoms with Crippen molar-refractivity contribution in [3.63, 3.8) is 0 Å². The molecule has 1 aromatic heterocycles. The van der Waals surface area contributed by atoms with Crippen LogP contribution in [-0.4, -0.2) is 10.9 Å². The molecule has 0 radical (unpaired) electrons. The Labute approximate surface area is 193 Å². The smallest absolute Gasteiger partial charge is 0.255 e. The first-order valence-corrected chi connectivity index (χ1v) is 11.2. The van der Waals surface area contributed by atoms with Crippen LogP contribution in [-0.2, 0) is 0 Å². The number of nitrogens with one attached hydrogen (secondary N) is 1. The maximum atomic E-state index is 12.6. The Morgan fingerprint density at radius 2 is 2.00 bits per heavy atom. The van der Waals surface area contributed by atoms with Gasteiger partial charge >= 0.3 is 0 Å². The van der Waals surface area contributed by atoms with E-state index in [4.69, 9.17) is 16.0 Å². The van der Waals surface area contributed by atoms with Crippen LogP contribution in [0.2, 0.25) is 5.02 Å². The van der Waals surface area contributed by atoms with E-state index in [1.165, 1.54) is 5.56 Å². The Kier molecular flexibility index (Phi) is 6.11.